The molecule has 0 radical (unpaired) electrons. The summed E-state index contributed by atoms with van der Waals surface area (Å²) in [6, 6.07) is 0.318. The van der Waals surface area contributed by atoms with E-state index < -0.39 is 0 Å². The molecule has 1 fully saturated rings. The lowest BCUT2D eigenvalue weighted by molar-refractivity contribution is -0.129. The minimum atomic E-state index is 0.168. The summed E-state index contributed by atoms with van der Waals surface area (Å²) in [5, 5.41) is 0. The Morgan fingerprint density at radius 2 is 2.20 bits per heavy atom. The van der Waals surface area contributed by atoms with Crippen LogP contribution in [0.15, 0.2) is 0 Å². The number of rotatable bonds is 5. The molecule has 0 spiro atoms. The Balaban J connectivity index is 2.00. The highest BCUT2D eigenvalue weighted by Crippen LogP contribution is 2.20. The van der Waals surface area contributed by atoms with E-state index in [0.29, 0.717) is 25.2 Å². The van der Waals surface area contributed by atoms with Crippen LogP contribution in [0, 0.1) is 0 Å². The fourth-order valence-electron chi connectivity index (χ4n) is 1.82. The lowest BCUT2D eigenvalue weighted by Gasteiger charge is -2.12. The van der Waals surface area contributed by atoms with Crippen molar-refractivity contribution in [2.75, 3.05) is 20.7 Å². The third-order valence-electron chi connectivity index (χ3n) is 2.81. The molecule has 0 aromatic carbocycles. The van der Waals surface area contributed by atoms with Crippen molar-refractivity contribution in [2.24, 2.45) is 5.73 Å². The SMILES string of the molecule is CN(C)C(=O)CCCOC1CCC(N)C1. The van der Waals surface area contributed by atoms with Crippen molar-refractivity contribution < 1.29 is 9.53 Å². The van der Waals surface area contributed by atoms with E-state index in [1.54, 1.807) is 19.0 Å². The smallest absolute Gasteiger partial charge is 0.222 e. The fraction of sp³-hybridized carbons (Fsp3) is 0.909. The predicted molar refractivity (Wildman–Crippen MR) is 59.5 cm³/mol. The monoisotopic (exact) mass is 214 g/mol. The van der Waals surface area contributed by atoms with Gasteiger partial charge in [-0.25, -0.2) is 0 Å². The third-order valence-corrected chi connectivity index (χ3v) is 2.81. The van der Waals surface area contributed by atoms with E-state index in [2.05, 4.69) is 0 Å². The third kappa shape index (κ3) is 4.62. The van der Waals surface area contributed by atoms with E-state index in [1.807, 2.05) is 0 Å². The molecule has 1 saturated carbocycles. The van der Waals surface area contributed by atoms with Crippen LogP contribution in [0.5, 0.6) is 0 Å². The van der Waals surface area contributed by atoms with Crippen LogP contribution in [0.1, 0.15) is 32.1 Å². The molecule has 0 aromatic heterocycles. The summed E-state index contributed by atoms with van der Waals surface area (Å²) in [6.07, 6.45) is 4.83. The first-order chi connectivity index (χ1) is 7.09. The zero-order chi connectivity index (χ0) is 11.3. The van der Waals surface area contributed by atoms with Crippen LogP contribution in [-0.4, -0.2) is 43.7 Å². The zero-order valence-corrected chi connectivity index (χ0v) is 9.74. The summed E-state index contributed by atoms with van der Waals surface area (Å²) in [7, 11) is 3.55. The van der Waals surface area contributed by atoms with Gasteiger partial charge < -0.3 is 15.4 Å². The Labute approximate surface area is 91.8 Å². The molecular weight excluding hydrogens is 192 g/mol. The first-order valence-corrected chi connectivity index (χ1v) is 5.67. The van der Waals surface area contributed by atoms with Crippen molar-refractivity contribution in [3.63, 3.8) is 0 Å². The molecule has 4 nitrogen and oxygen atoms in total. The number of nitrogens with zero attached hydrogens (tertiary/aromatic N) is 1. The Morgan fingerprint density at radius 3 is 2.73 bits per heavy atom. The van der Waals surface area contributed by atoms with Gasteiger partial charge in [-0.2, -0.15) is 0 Å². The number of amides is 1. The molecule has 1 aliphatic rings. The van der Waals surface area contributed by atoms with Crippen LogP contribution in [0.2, 0.25) is 0 Å². The van der Waals surface area contributed by atoms with Crippen molar-refractivity contribution in [1.29, 1.82) is 0 Å². The second kappa shape index (κ2) is 6.08. The largest absolute Gasteiger partial charge is 0.378 e. The van der Waals surface area contributed by atoms with Crippen LogP contribution in [-0.2, 0) is 9.53 Å². The van der Waals surface area contributed by atoms with Gasteiger partial charge in [-0.1, -0.05) is 0 Å². The number of hydrogen-bond acceptors (Lipinski definition) is 3. The molecule has 2 N–H and O–H groups in total. The Bertz CT molecular complexity index is 207. The molecule has 0 saturated heterocycles. The van der Waals surface area contributed by atoms with Crippen molar-refractivity contribution >= 4 is 5.91 Å². The molecule has 0 aromatic rings. The van der Waals surface area contributed by atoms with E-state index in [-0.39, 0.29) is 5.91 Å². The first kappa shape index (κ1) is 12.5. The summed E-state index contributed by atoms with van der Waals surface area (Å²) in [4.78, 5) is 12.9. The summed E-state index contributed by atoms with van der Waals surface area (Å²) >= 11 is 0. The van der Waals surface area contributed by atoms with Crippen LogP contribution >= 0.6 is 0 Å². The normalized spacial score (nSPS) is 25.5. The highest BCUT2D eigenvalue weighted by atomic mass is 16.5. The van der Waals surface area contributed by atoms with Gasteiger partial charge in [0, 0.05) is 33.2 Å². The number of nitrogens with two attached hydrogens (primary N) is 1. The van der Waals surface area contributed by atoms with Crippen molar-refractivity contribution in [3.05, 3.63) is 0 Å². The van der Waals surface area contributed by atoms with Gasteiger partial charge >= 0.3 is 0 Å². The molecule has 1 aliphatic carbocycles. The standard InChI is InChI=1S/C11H22N2O2/c1-13(2)11(14)4-3-7-15-10-6-5-9(12)8-10/h9-10H,3-8,12H2,1-2H3. The van der Waals surface area contributed by atoms with E-state index in [0.717, 1.165) is 25.7 Å². The lowest BCUT2D eigenvalue weighted by Crippen LogP contribution is -2.22. The average molecular weight is 214 g/mol. The number of ether oxygens (including phenoxy) is 1. The highest BCUT2D eigenvalue weighted by molar-refractivity contribution is 5.75. The zero-order valence-electron chi connectivity index (χ0n) is 9.74. The van der Waals surface area contributed by atoms with Crippen molar-refractivity contribution in [3.8, 4) is 0 Å². The Kier molecular flexibility index (Phi) is 5.05. The van der Waals surface area contributed by atoms with Crippen LogP contribution in [0.4, 0.5) is 0 Å². The first-order valence-electron chi connectivity index (χ1n) is 5.67. The van der Waals surface area contributed by atoms with Gasteiger partial charge in [0.05, 0.1) is 6.10 Å². The average Bonchev–Trinajstić information content (AvgIpc) is 2.58. The molecule has 15 heavy (non-hydrogen) atoms. The maximum atomic E-state index is 11.2. The summed E-state index contributed by atoms with van der Waals surface area (Å²) < 4.78 is 5.65. The van der Waals surface area contributed by atoms with E-state index in [9.17, 15) is 4.79 Å². The van der Waals surface area contributed by atoms with Crippen LogP contribution < -0.4 is 5.73 Å². The lowest BCUT2D eigenvalue weighted by atomic mass is 10.2. The van der Waals surface area contributed by atoms with Gasteiger partial charge in [-0.05, 0) is 25.7 Å². The molecular formula is C11H22N2O2. The molecule has 0 heterocycles. The van der Waals surface area contributed by atoms with Crippen LogP contribution in [0.25, 0.3) is 0 Å². The predicted octanol–water partition coefficient (Wildman–Crippen LogP) is 0.751. The molecule has 1 amide bonds. The molecule has 0 bridgehead atoms. The maximum Gasteiger partial charge on any atom is 0.222 e. The van der Waals surface area contributed by atoms with Crippen LogP contribution in [0.3, 0.4) is 0 Å². The number of carbonyl (C=O) groups is 1. The van der Waals surface area contributed by atoms with Crippen molar-refractivity contribution in [1.82, 2.24) is 4.90 Å². The minimum absolute atomic E-state index is 0.168. The van der Waals surface area contributed by atoms with Gasteiger partial charge in [0.15, 0.2) is 0 Å². The number of carbonyl (C=O) groups excluding carboxylic acids is 1. The summed E-state index contributed by atoms with van der Waals surface area (Å²) in [6.45, 7) is 0.678. The highest BCUT2D eigenvalue weighted by Gasteiger charge is 2.21. The van der Waals surface area contributed by atoms with E-state index in [1.165, 1.54) is 0 Å². The van der Waals surface area contributed by atoms with E-state index >= 15 is 0 Å². The fourth-order valence-corrected chi connectivity index (χ4v) is 1.82. The van der Waals surface area contributed by atoms with Gasteiger partial charge in [-0.15, -0.1) is 0 Å². The summed E-state index contributed by atoms with van der Waals surface area (Å²) in [5.41, 5.74) is 5.78. The quantitative estimate of drug-likeness (QED) is 0.687. The minimum Gasteiger partial charge on any atom is -0.378 e. The maximum absolute atomic E-state index is 11.2. The molecule has 0 aliphatic heterocycles. The number of hydrogen-bond donors (Lipinski definition) is 1. The van der Waals surface area contributed by atoms with Gasteiger partial charge in [0.2, 0.25) is 5.91 Å². The Hall–Kier alpha value is -0.610. The molecule has 2 atom stereocenters. The van der Waals surface area contributed by atoms with Gasteiger partial charge in [0.25, 0.3) is 0 Å². The van der Waals surface area contributed by atoms with Crippen molar-refractivity contribution in [2.45, 2.75) is 44.2 Å². The molecule has 1 rings (SSSR count). The topological polar surface area (TPSA) is 55.6 Å². The van der Waals surface area contributed by atoms with E-state index in [4.69, 9.17) is 10.5 Å². The second-order valence-corrected chi connectivity index (χ2v) is 4.46. The van der Waals surface area contributed by atoms with Gasteiger partial charge in [0.1, 0.15) is 0 Å². The molecule has 88 valence electrons. The Morgan fingerprint density at radius 1 is 1.47 bits per heavy atom. The summed E-state index contributed by atoms with van der Waals surface area (Å²) in [5.74, 6) is 0.168. The van der Waals surface area contributed by atoms with Gasteiger partial charge in [-0.3, -0.25) is 4.79 Å². The second-order valence-electron chi connectivity index (χ2n) is 4.46. The molecule has 2 unspecified atom stereocenters. The molecule has 4 heteroatoms.